The van der Waals surface area contributed by atoms with Crippen molar-refractivity contribution in [2.24, 2.45) is 4.99 Å². The van der Waals surface area contributed by atoms with Crippen LogP contribution in [0, 0.1) is 0 Å². The van der Waals surface area contributed by atoms with Crippen LogP contribution in [0.5, 0.6) is 23.0 Å². The fourth-order valence-electron chi connectivity index (χ4n) is 3.19. The summed E-state index contributed by atoms with van der Waals surface area (Å²) >= 11 is 0. The number of benzene rings is 2. The minimum atomic E-state index is 0.285. The molecule has 2 aliphatic rings. The van der Waals surface area contributed by atoms with Crippen LogP contribution in [0.25, 0.3) is 0 Å². The number of anilines is 1. The van der Waals surface area contributed by atoms with Gasteiger partial charge in [-0.2, -0.15) is 0 Å². The molecule has 0 fully saturated rings. The third-order valence-electron chi connectivity index (χ3n) is 4.72. The first kappa shape index (κ1) is 20.2. The van der Waals surface area contributed by atoms with E-state index in [1.54, 1.807) is 7.11 Å². The minimum Gasteiger partial charge on any atom is -0.490 e. The van der Waals surface area contributed by atoms with Gasteiger partial charge >= 0.3 is 0 Å². The Bertz CT molecular complexity index is 887. The van der Waals surface area contributed by atoms with Crippen LogP contribution < -0.4 is 29.6 Å². The maximum absolute atomic E-state index is 5.78. The van der Waals surface area contributed by atoms with E-state index in [4.69, 9.17) is 23.7 Å². The zero-order valence-electron chi connectivity index (χ0n) is 17.1. The molecule has 0 bridgehead atoms. The Morgan fingerprint density at radius 2 is 1.73 bits per heavy atom. The number of hydrogen-bond acceptors (Lipinski definition) is 6. The summed E-state index contributed by atoms with van der Waals surface area (Å²) in [5.74, 6) is 3.79. The largest absolute Gasteiger partial charge is 0.490 e. The molecule has 0 saturated carbocycles. The topological polar surface area (TPSA) is 82.6 Å². The molecule has 0 amide bonds. The highest BCUT2D eigenvalue weighted by Gasteiger charge is 2.14. The average molecular weight is 413 g/mol. The monoisotopic (exact) mass is 413 g/mol. The highest BCUT2D eigenvalue weighted by atomic mass is 16.7. The van der Waals surface area contributed by atoms with Gasteiger partial charge in [-0.1, -0.05) is 6.07 Å². The summed E-state index contributed by atoms with van der Waals surface area (Å²) < 4.78 is 27.4. The molecular weight excluding hydrogens is 386 g/mol. The Morgan fingerprint density at radius 3 is 2.63 bits per heavy atom. The van der Waals surface area contributed by atoms with E-state index in [2.05, 4.69) is 15.6 Å². The van der Waals surface area contributed by atoms with E-state index in [1.807, 2.05) is 36.4 Å². The fraction of sp³-hybridized carbons (Fsp3) is 0.409. The van der Waals surface area contributed by atoms with Crippen LogP contribution in [0.1, 0.15) is 12.0 Å². The van der Waals surface area contributed by atoms with Gasteiger partial charge in [0, 0.05) is 31.8 Å². The maximum atomic E-state index is 5.78. The van der Waals surface area contributed by atoms with Crippen LogP contribution >= 0.6 is 0 Å². The van der Waals surface area contributed by atoms with Gasteiger partial charge in [-0.05, 0) is 36.2 Å². The summed E-state index contributed by atoms with van der Waals surface area (Å²) in [6.07, 6.45) is 1.70. The van der Waals surface area contributed by atoms with Gasteiger partial charge < -0.3 is 34.3 Å². The second-order valence-corrected chi connectivity index (χ2v) is 6.92. The number of guanidine groups is 1. The molecule has 0 saturated heterocycles. The predicted molar refractivity (Wildman–Crippen MR) is 114 cm³/mol. The van der Waals surface area contributed by atoms with Crippen molar-refractivity contribution >= 4 is 11.6 Å². The van der Waals surface area contributed by atoms with Gasteiger partial charge in [-0.3, -0.25) is 4.99 Å². The van der Waals surface area contributed by atoms with Crippen molar-refractivity contribution in [1.82, 2.24) is 5.32 Å². The second kappa shape index (κ2) is 10.1. The summed E-state index contributed by atoms with van der Waals surface area (Å²) in [6.45, 7) is 3.43. The highest BCUT2D eigenvalue weighted by molar-refractivity contribution is 5.94. The molecule has 0 radical (unpaired) electrons. The van der Waals surface area contributed by atoms with Gasteiger partial charge in [0.1, 0.15) is 0 Å². The quantitative estimate of drug-likeness (QED) is 0.410. The van der Waals surface area contributed by atoms with E-state index in [0.29, 0.717) is 38.9 Å². The van der Waals surface area contributed by atoms with Crippen molar-refractivity contribution in [1.29, 1.82) is 0 Å². The first-order valence-electron chi connectivity index (χ1n) is 10.1. The van der Waals surface area contributed by atoms with Crippen molar-refractivity contribution < 1.29 is 23.7 Å². The molecule has 2 aromatic carbocycles. The molecule has 2 aliphatic heterocycles. The van der Waals surface area contributed by atoms with E-state index in [-0.39, 0.29) is 6.79 Å². The Balaban J connectivity index is 1.38. The number of fused-ring (bicyclic) bond motifs is 2. The van der Waals surface area contributed by atoms with Crippen LogP contribution in [-0.2, 0) is 11.2 Å². The van der Waals surface area contributed by atoms with Crippen LogP contribution in [0.2, 0.25) is 0 Å². The smallest absolute Gasteiger partial charge is 0.231 e. The van der Waals surface area contributed by atoms with Crippen molar-refractivity contribution in [3.8, 4) is 23.0 Å². The average Bonchev–Trinajstić information content (AvgIpc) is 3.10. The number of methoxy groups -OCH3 is 1. The zero-order chi connectivity index (χ0) is 20.6. The van der Waals surface area contributed by atoms with E-state index in [0.717, 1.165) is 41.5 Å². The molecule has 0 aliphatic carbocycles. The lowest BCUT2D eigenvalue weighted by Gasteiger charge is -2.15. The van der Waals surface area contributed by atoms with Gasteiger partial charge in [-0.25, -0.2) is 0 Å². The van der Waals surface area contributed by atoms with Crippen LogP contribution in [0.4, 0.5) is 5.69 Å². The molecule has 8 nitrogen and oxygen atoms in total. The molecule has 2 heterocycles. The lowest BCUT2D eigenvalue weighted by atomic mass is 10.1. The third-order valence-corrected chi connectivity index (χ3v) is 4.72. The summed E-state index contributed by atoms with van der Waals surface area (Å²) in [7, 11) is 1.67. The molecule has 0 aromatic heterocycles. The Kier molecular flexibility index (Phi) is 6.76. The molecule has 30 heavy (non-hydrogen) atoms. The molecular formula is C22H27N3O5. The summed E-state index contributed by atoms with van der Waals surface area (Å²) in [5.41, 5.74) is 2.05. The first-order chi connectivity index (χ1) is 14.8. The van der Waals surface area contributed by atoms with E-state index < -0.39 is 0 Å². The second-order valence-electron chi connectivity index (χ2n) is 6.92. The molecule has 2 N–H and O–H groups in total. The first-order valence-corrected chi connectivity index (χ1v) is 10.1. The maximum Gasteiger partial charge on any atom is 0.231 e. The van der Waals surface area contributed by atoms with E-state index in [9.17, 15) is 0 Å². The van der Waals surface area contributed by atoms with Crippen LogP contribution in [-0.4, -0.2) is 52.8 Å². The van der Waals surface area contributed by atoms with Gasteiger partial charge in [0.15, 0.2) is 29.0 Å². The van der Waals surface area contributed by atoms with Crippen molar-refractivity contribution in [2.75, 3.05) is 52.1 Å². The molecule has 0 atom stereocenters. The number of rotatable bonds is 7. The van der Waals surface area contributed by atoms with Gasteiger partial charge in [0.25, 0.3) is 0 Å². The molecule has 2 aromatic rings. The lowest BCUT2D eigenvalue weighted by Crippen LogP contribution is -2.33. The van der Waals surface area contributed by atoms with E-state index in [1.165, 1.54) is 5.56 Å². The standard InChI is InChI=1S/C22H27N3O5/c1-26-12-9-24-22(23-8-7-16-3-5-19-20(13-16)30-15-29-19)25-17-4-6-18-21(14-17)28-11-2-10-27-18/h3-6,13-14H,2,7-12,15H2,1H3,(H2,23,24,25). The van der Waals surface area contributed by atoms with Crippen molar-refractivity contribution in [2.45, 2.75) is 12.8 Å². The molecule has 4 rings (SSSR count). The summed E-state index contributed by atoms with van der Waals surface area (Å²) in [4.78, 5) is 4.58. The Hall–Kier alpha value is -3.13. The van der Waals surface area contributed by atoms with Gasteiger partial charge in [0.05, 0.1) is 26.4 Å². The fourth-order valence-corrected chi connectivity index (χ4v) is 3.19. The molecule has 160 valence electrons. The molecule has 0 unspecified atom stereocenters. The SMILES string of the molecule is COCCN=C(NCCc1ccc2c(c1)OCO2)Nc1ccc2c(c1)OCCCO2. The summed E-state index contributed by atoms with van der Waals surface area (Å²) in [6, 6.07) is 11.8. The van der Waals surface area contributed by atoms with Gasteiger partial charge in [0.2, 0.25) is 6.79 Å². The number of ether oxygens (including phenoxy) is 5. The zero-order valence-corrected chi connectivity index (χ0v) is 17.1. The lowest BCUT2D eigenvalue weighted by molar-refractivity contribution is 0.174. The molecule has 0 spiro atoms. The number of nitrogens with one attached hydrogen (secondary N) is 2. The Morgan fingerprint density at radius 1 is 0.967 bits per heavy atom. The number of nitrogens with zero attached hydrogens (tertiary/aromatic N) is 1. The van der Waals surface area contributed by atoms with Crippen LogP contribution in [0.3, 0.4) is 0 Å². The third kappa shape index (κ3) is 5.27. The Labute approximate surface area is 176 Å². The molecule has 8 heteroatoms. The van der Waals surface area contributed by atoms with Crippen LogP contribution in [0.15, 0.2) is 41.4 Å². The normalized spacial score (nSPS) is 14.9. The highest BCUT2D eigenvalue weighted by Crippen LogP contribution is 2.33. The summed E-state index contributed by atoms with van der Waals surface area (Å²) in [5, 5.41) is 6.71. The minimum absolute atomic E-state index is 0.285. The number of hydrogen-bond donors (Lipinski definition) is 2. The number of aliphatic imine (C=N–C) groups is 1. The van der Waals surface area contributed by atoms with Crippen molar-refractivity contribution in [3.63, 3.8) is 0 Å². The van der Waals surface area contributed by atoms with Crippen molar-refractivity contribution in [3.05, 3.63) is 42.0 Å². The van der Waals surface area contributed by atoms with E-state index >= 15 is 0 Å². The predicted octanol–water partition coefficient (Wildman–Crippen LogP) is 2.82. The van der Waals surface area contributed by atoms with Gasteiger partial charge in [-0.15, -0.1) is 0 Å².